The Morgan fingerprint density at radius 3 is 2.90 bits per heavy atom. The predicted molar refractivity (Wildman–Crippen MR) is 79.3 cm³/mol. The van der Waals surface area contributed by atoms with E-state index in [2.05, 4.69) is 10.3 Å². The quantitative estimate of drug-likeness (QED) is 0.940. The lowest BCUT2D eigenvalue weighted by Crippen LogP contribution is -2.30. The van der Waals surface area contributed by atoms with Gasteiger partial charge in [0.15, 0.2) is 11.2 Å². The monoisotopic (exact) mass is 288 g/mol. The summed E-state index contributed by atoms with van der Waals surface area (Å²) < 4.78 is 5.59. The van der Waals surface area contributed by atoms with Crippen LogP contribution in [0.15, 0.2) is 30.3 Å². The van der Waals surface area contributed by atoms with Gasteiger partial charge in [-0.3, -0.25) is 10.1 Å². The number of para-hydroxylation sites is 1. The molecule has 3 rings (SSSR count). The summed E-state index contributed by atoms with van der Waals surface area (Å²) in [4.78, 5) is 17.8. The van der Waals surface area contributed by atoms with Crippen molar-refractivity contribution in [3.05, 3.63) is 40.9 Å². The van der Waals surface area contributed by atoms with Crippen LogP contribution in [0.4, 0.5) is 5.13 Å². The number of fused-ring (bicyclic) bond motifs is 1. The Morgan fingerprint density at radius 1 is 1.35 bits per heavy atom. The fourth-order valence-electron chi connectivity index (χ4n) is 2.21. The number of nitrogens with one attached hydrogen (secondary N) is 1. The van der Waals surface area contributed by atoms with Crippen LogP contribution in [0.25, 0.3) is 0 Å². The molecule has 4 nitrogen and oxygen atoms in total. The Bertz CT molecular complexity index is 588. The van der Waals surface area contributed by atoms with E-state index in [1.807, 2.05) is 30.3 Å². The number of thiazole rings is 1. The van der Waals surface area contributed by atoms with Crippen molar-refractivity contribution in [1.29, 1.82) is 0 Å². The smallest absolute Gasteiger partial charge is 0.266 e. The minimum Gasteiger partial charge on any atom is -0.481 e. The molecule has 1 amide bonds. The Hall–Kier alpha value is -1.88. The van der Waals surface area contributed by atoms with Gasteiger partial charge in [0, 0.05) is 4.88 Å². The van der Waals surface area contributed by atoms with Gasteiger partial charge >= 0.3 is 0 Å². The van der Waals surface area contributed by atoms with Gasteiger partial charge in [0.1, 0.15) is 5.75 Å². The van der Waals surface area contributed by atoms with Crippen molar-refractivity contribution in [2.75, 3.05) is 5.32 Å². The summed E-state index contributed by atoms with van der Waals surface area (Å²) >= 11 is 1.58. The Morgan fingerprint density at radius 2 is 2.15 bits per heavy atom. The molecule has 1 atom stereocenters. The minimum absolute atomic E-state index is 0.165. The highest BCUT2D eigenvalue weighted by Gasteiger charge is 2.20. The van der Waals surface area contributed by atoms with E-state index in [4.69, 9.17) is 4.74 Å². The molecule has 1 aliphatic rings. The first kappa shape index (κ1) is 13.1. The number of aryl methyl sites for hydroxylation is 2. The van der Waals surface area contributed by atoms with Crippen LogP contribution in [-0.2, 0) is 17.6 Å². The SMILES string of the molecule is C[C@@H](Oc1ccccc1)C(=O)Nc1nc2c(s1)CCC2. The van der Waals surface area contributed by atoms with E-state index >= 15 is 0 Å². The van der Waals surface area contributed by atoms with Crippen LogP contribution in [-0.4, -0.2) is 17.0 Å². The molecule has 0 unspecified atom stereocenters. The highest BCUT2D eigenvalue weighted by molar-refractivity contribution is 7.15. The third-order valence-electron chi connectivity index (χ3n) is 3.25. The average Bonchev–Trinajstić information content (AvgIpc) is 3.00. The molecule has 0 saturated carbocycles. The molecule has 0 spiro atoms. The molecule has 1 N–H and O–H groups in total. The van der Waals surface area contributed by atoms with Crippen molar-refractivity contribution >= 4 is 22.4 Å². The molecule has 5 heteroatoms. The maximum Gasteiger partial charge on any atom is 0.266 e. The molecular formula is C15H16N2O2S. The van der Waals surface area contributed by atoms with Crippen LogP contribution in [0, 0.1) is 0 Å². The molecular weight excluding hydrogens is 272 g/mol. The first-order chi connectivity index (χ1) is 9.72. The van der Waals surface area contributed by atoms with Gasteiger partial charge in [0.2, 0.25) is 0 Å². The number of hydrogen-bond donors (Lipinski definition) is 1. The first-order valence-electron chi connectivity index (χ1n) is 6.73. The lowest BCUT2D eigenvalue weighted by Gasteiger charge is -2.13. The summed E-state index contributed by atoms with van der Waals surface area (Å²) in [6, 6.07) is 9.34. The molecule has 0 aliphatic heterocycles. The molecule has 1 aliphatic carbocycles. The summed E-state index contributed by atoms with van der Waals surface area (Å²) in [5.41, 5.74) is 1.14. The fraction of sp³-hybridized carbons (Fsp3) is 0.333. The zero-order valence-corrected chi connectivity index (χ0v) is 12.1. The Kier molecular flexibility index (Phi) is 3.69. The fourth-order valence-corrected chi connectivity index (χ4v) is 3.26. The number of amides is 1. The Balaban J connectivity index is 1.60. The van der Waals surface area contributed by atoms with Crippen LogP contribution in [0.3, 0.4) is 0 Å². The molecule has 1 aromatic carbocycles. The highest BCUT2D eigenvalue weighted by atomic mass is 32.1. The van der Waals surface area contributed by atoms with Crippen LogP contribution >= 0.6 is 11.3 Å². The lowest BCUT2D eigenvalue weighted by molar-refractivity contribution is -0.122. The van der Waals surface area contributed by atoms with Crippen LogP contribution in [0.2, 0.25) is 0 Å². The van der Waals surface area contributed by atoms with Crippen LogP contribution in [0.5, 0.6) is 5.75 Å². The number of benzene rings is 1. The second-order valence-corrected chi connectivity index (χ2v) is 5.89. The number of carbonyl (C=O) groups excluding carboxylic acids is 1. The normalized spacial score (nSPS) is 14.7. The molecule has 0 bridgehead atoms. The summed E-state index contributed by atoms with van der Waals surface area (Å²) in [5.74, 6) is 0.526. The van der Waals surface area contributed by atoms with E-state index in [-0.39, 0.29) is 5.91 Å². The van der Waals surface area contributed by atoms with Crippen LogP contribution in [0.1, 0.15) is 23.9 Å². The van der Waals surface area contributed by atoms with Gasteiger partial charge in [0.05, 0.1) is 5.69 Å². The molecule has 0 radical (unpaired) electrons. The van der Waals surface area contributed by atoms with Gasteiger partial charge in [-0.05, 0) is 38.3 Å². The van der Waals surface area contributed by atoms with Gasteiger partial charge in [-0.15, -0.1) is 11.3 Å². The number of nitrogens with zero attached hydrogens (tertiary/aromatic N) is 1. The van der Waals surface area contributed by atoms with Crippen molar-refractivity contribution < 1.29 is 9.53 Å². The van der Waals surface area contributed by atoms with E-state index in [0.717, 1.165) is 18.5 Å². The van der Waals surface area contributed by atoms with E-state index in [9.17, 15) is 4.79 Å². The van der Waals surface area contributed by atoms with Crippen molar-refractivity contribution in [3.8, 4) is 5.75 Å². The minimum atomic E-state index is -0.545. The molecule has 20 heavy (non-hydrogen) atoms. The van der Waals surface area contributed by atoms with E-state index in [1.54, 1.807) is 18.3 Å². The van der Waals surface area contributed by atoms with Crippen molar-refractivity contribution in [2.45, 2.75) is 32.3 Å². The van der Waals surface area contributed by atoms with Gasteiger partial charge in [0.25, 0.3) is 5.91 Å². The van der Waals surface area contributed by atoms with Crippen molar-refractivity contribution in [3.63, 3.8) is 0 Å². The topological polar surface area (TPSA) is 51.2 Å². The average molecular weight is 288 g/mol. The van der Waals surface area contributed by atoms with Gasteiger partial charge in [-0.1, -0.05) is 18.2 Å². The van der Waals surface area contributed by atoms with Gasteiger partial charge in [-0.25, -0.2) is 4.98 Å². The highest BCUT2D eigenvalue weighted by Crippen LogP contribution is 2.30. The maximum atomic E-state index is 12.1. The van der Waals surface area contributed by atoms with Crippen LogP contribution < -0.4 is 10.1 Å². The molecule has 2 aromatic rings. The number of carbonyl (C=O) groups is 1. The van der Waals surface area contributed by atoms with Crippen molar-refractivity contribution in [1.82, 2.24) is 4.98 Å². The third kappa shape index (κ3) is 2.82. The first-order valence-corrected chi connectivity index (χ1v) is 7.55. The van der Waals surface area contributed by atoms with Gasteiger partial charge < -0.3 is 4.74 Å². The van der Waals surface area contributed by atoms with E-state index in [0.29, 0.717) is 10.9 Å². The summed E-state index contributed by atoms with van der Waals surface area (Å²) in [6.07, 6.45) is 2.74. The summed E-state index contributed by atoms with van der Waals surface area (Å²) in [5, 5.41) is 3.52. The van der Waals surface area contributed by atoms with E-state index in [1.165, 1.54) is 11.3 Å². The zero-order chi connectivity index (χ0) is 13.9. The number of ether oxygens (including phenoxy) is 1. The molecule has 104 valence electrons. The lowest BCUT2D eigenvalue weighted by atomic mass is 10.3. The Labute approximate surface area is 121 Å². The zero-order valence-electron chi connectivity index (χ0n) is 11.3. The second-order valence-electron chi connectivity index (χ2n) is 4.80. The largest absolute Gasteiger partial charge is 0.481 e. The molecule has 0 fully saturated rings. The number of rotatable bonds is 4. The standard InChI is InChI=1S/C15H16N2O2S/c1-10(19-11-6-3-2-4-7-11)14(18)17-15-16-12-8-5-9-13(12)20-15/h2-4,6-7,10H,5,8-9H2,1H3,(H,16,17,18)/t10-/m1/s1. The maximum absolute atomic E-state index is 12.1. The van der Waals surface area contributed by atoms with Gasteiger partial charge in [-0.2, -0.15) is 0 Å². The molecule has 1 heterocycles. The third-order valence-corrected chi connectivity index (χ3v) is 4.32. The number of hydrogen-bond acceptors (Lipinski definition) is 4. The molecule has 1 aromatic heterocycles. The summed E-state index contributed by atoms with van der Waals surface area (Å²) in [7, 11) is 0. The predicted octanol–water partition coefficient (Wildman–Crippen LogP) is 3.04. The van der Waals surface area contributed by atoms with E-state index < -0.39 is 6.10 Å². The molecule has 0 saturated heterocycles. The number of aromatic nitrogens is 1. The van der Waals surface area contributed by atoms with Crippen molar-refractivity contribution in [2.24, 2.45) is 0 Å². The second kappa shape index (κ2) is 5.63. The summed E-state index contributed by atoms with van der Waals surface area (Å²) in [6.45, 7) is 1.74. The number of anilines is 1.